The molecule has 6 heteroatoms. The van der Waals surface area contributed by atoms with Gasteiger partial charge >= 0.3 is 6.09 Å². The van der Waals surface area contributed by atoms with Gasteiger partial charge in [-0.25, -0.2) is 13.6 Å². The van der Waals surface area contributed by atoms with Crippen LogP contribution in [0.3, 0.4) is 0 Å². The largest absolute Gasteiger partial charge is 0.444 e. The van der Waals surface area contributed by atoms with Crippen molar-refractivity contribution >= 4 is 6.09 Å². The fraction of sp³-hybridized carbons (Fsp3) is 0.562. The lowest BCUT2D eigenvalue weighted by Gasteiger charge is -2.35. The highest BCUT2D eigenvalue weighted by atomic mass is 19.1. The third-order valence-electron chi connectivity index (χ3n) is 3.42. The zero-order valence-electron chi connectivity index (χ0n) is 13.2. The zero-order chi connectivity index (χ0) is 16.3. The molecule has 1 aliphatic rings. The summed E-state index contributed by atoms with van der Waals surface area (Å²) in [7, 11) is 0. The maximum Gasteiger partial charge on any atom is 0.410 e. The first kappa shape index (κ1) is 16.7. The SMILES string of the molecule is CC(C)(C)OC(=O)N1CCN[C@H](Cc2c(F)cccc2F)C1. The van der Waals surface area contributed by atoms with Gasteiger partial charge in [0.2, 0.25) is 0 Å². The molecule has 4 nitrogen and oxygen atoms in total. The smallest absolute Gasteiger partial charge is 0.410 e. The monoisotopic (exact) mass is 312 g/mol. The molecule has 1 aliphatic heterocycles. The third kappa shape index (κ3) is 4.40. The van der Waals surface area contributed by atoms with Crippen molar-refractivity contribution in [3.8, 4) is 0 Å². The Morgan fingerprint density at radius 3 is 2.59 bits per heavy atom. The van der Waals surface area contributed by atoms with E-state index in [9.17, 15) is 13.6 Å². The van der Waals surface area contributed by atoms with Gasteiger partial charge in [-0.15, -0.1) is 0 Å². The minimum absolute atomic E-state index is 0.0473. The molecule has 0 aliphatic carbocycles. The van der Waals surface area contributed by atoms with Crippen LogP contribution in [-0.4, -0.2) is 42.3 Å². The Balaban J connectivity index is 2.00. The summed E-state index contributed by atoms with van der Waals surface area (Å²) in [6.45, 7) is 6.87. The number of carbonyl (C=O) groups is 1. The number of halogens is 2. The van der Waals surface area contributed by atoms with Gasteiger partial charge in [-0.3, -0.25) is 0 Å². The lowest BCUT2D eigenvalue weighted by molar-refractivity contribution is 0.0195. The maximum atomic E-state index is 13.7. The number of piperazine rings is 1. The first-order valence-corrected chi connectivity index (χ1v) is 7.40. The predicted octanol–water partition coefficient (Wildman–Crippen LogP) is 2.72. The maximum absolute atomic E-state index is 13.7. The van der Waals surface area contributed by atoms with E-state index in [1.54, 1.807) is 25.7 Å². The molecule has 0 radical (unpaired) electrons. The van der Waals surface area contributed by atoms with Crippen molar-refractivity contribution in [2.24, 2.45) is 0 Å². The number of carbonyl (C=O) groups excluding carboxylic acids is 1. The molecule has 0 saturated carbocycles. The first-order chi connectivity index (χ1) is 10.3. The van der Waals surface area contributed by atoms with Crippen molar-refractivity contribution in [2.45, 2.75) is 38.8 Å². The molecule has 1 amide bonds. The molecule has 122 valence electrons. The van der Waals surface area contributed by atoms with Crippen molar-refractivity contribution in [1.82, 2.24) is 10.2 Å². The summed E-state index contributed by atoms with van der Waals surface area (Å²) >= 11 is 0. The average molecular weight is 312 g/mol. The Hall–Kier alpha value is -1.69. The normalized spacial score (nSPS) is 19.1. The highest BCUT2D eigenvalue weighted by Gasteiger charge is 2.28. The second-order valence-corrected chi connectivity index (χ2v) is 6.48. The number of ether oxygens (including phenoxy) is 1. The molecule has 1 fully saturated rings. The van der Waals surface area contributed by atoms with Crippen molar-refractivity contribution in [1.29, 1.82) is 0 Å². The van der Waals surface area contributed by atoms with Gasteiger partial charge in [-0.2, -0.15) is 0 Å². The number of rotatable bonds is 2. The number of hydrogen-bond acceptors (Lipinski definition) is 3. The van der Waals surface area contributed by atoms with Crippen LogP contribution in [0.15, 0.2) is 18.2 Å². The van der Waals surface area contributed by atoms with E-state index >= 15 is 0 Å². The number of hydrogen-bond donors (Lipinski definition) is 1. The van der Waals surface area contributed by atoms with Crippen LogP contribution in [0.4, 0.5) is 13.6 Å². The predicted molar refractivity (Wildman–Crippen MR) is 79.7 cm³/mol. The number of nitrogens with zero attached hydrogens (tertiary/aromatic N) is 1. The molecule has 2 rings (SSSR count). The Bertz CT molecular complexity index is 523. The fourth-order valence-electron chi connectivity index (χ4n) is 2.43. The molecule has 1 heterocycles. The van der Waals surface area contributed by atoms with E-state index in [1.807, 2.05) is 0 Å². The Morgan fingerprint density at radius 2 is 2.00 bits per heavy atom. The lowest BCUT2D eigenvalue weighted by Crippen LogP contribution is -2.54. The molecule has 1 aromatic rings. The quantitative estimate of drug-likeness (QED) is 0.913. The molecule has 0 spiro atoms. The first-order valence-electron chi connectivity index (χ1n) is 7.40. The Morgan fingerprint density at radius 1 is 1.36 bits per heavy atom. The van der Waals surface area contributed by atoms with Crippen molar-refractivity contribution in [3.63, 3.8) is 0 Å². The number of amides is 1. The van der Waals surface area contributed by atoms with Crippen LogP contribution in [0.25, 0.3) is 0 Å². The summed E-state index contributed by atoms with van der Waals surface area (Å²) in [5, 5.41) is 3.19. The molecule has 0 unspecified atom stereocenters. The van der Waals surface area contributed by atoms with Gasteiger partial charge in [0.25, 0.3) is 0 Å². The highest BCUT2D eigenvalue weighted by molar-refractivity contribution is 5.68. The van der Waals surface area contributed by atoms with Crippen LogP contribution in [0.5, 0.6) is 0 Å². The van der Waals surface area contributed by atoms with Gasteiger partial charge in [0.15, 0.2) is 0 Å². The minimum Gasteiger partial charge on any atom is -0.444 e. The van der Waals surface area contributed by atoms with Gasteiger partial charge < -0.3 is 15.0 Å². The summed E-state index contributed by atoms with van der Waals surface area (Å²) in [4.78, 5) is 13.6. The molecular formula is C16H22F2N2O2. The van der Waals surface area contributed by atoms with Gasteiger partial charge in [0.05, 0.1) is 0 Å². The number of nitrogens with one attached hydrogen (secondary N) is 1. The molecule has 1 atom stereocenters. The van der Waals surface area contributed by atoms with Gasteiger partial charge in [0, 0.05) is 31.2 Å². The zero-order valence-corrected chi connectivity index (χ0v) is 13.2. The number of benzene rings is 1. The molecule has 0 aromatic heterocycles. The van der Waals surface area contributed by atoms with E-state index in [-0.39, 0.29) is 18.0 Å². The fourth-order valence-corrected chi connectivity index (χ4v) is 2.43. The third-order valence-corrected chi connectivity index (χ3v) is 3.42. The molecule has 1 N–H and O–H groups in total. The molecule has 0 bridgehead atoms. The highest BCUT2D eigenvalue weighted by Crippen LogP contribution is 2.17. The van der Waals surface area contributed by atoms with Crippen LogP contribution in [0.2, 0.25) is 0 Å². The summed E-state index contributed by atoms with van der Waals surface area (Å²) < 4.78 is 32.8. The lowest BCUT2D eigenvalue weighted by atomic mass is 10.0. The Labute approximate surface area is 129 Å². The topological polar surface area (TPSA) is 41.6 Å². The standard InChI is InChI=1S/C16H22F2N2O2/c1-16(2,3)22-15(21)20-8-7-19-11(10-20)9-12-13(17)5-4-6-14(12)18/h4-6,11,19H,7-10H2,1-3H3/t11-/m1/s1. The molecule has 1 saturated heterocycles. The summed E-state index contributed by atoms with van der Waals surface area (Å²) in [6, 6.07) is 3.63. The van der Waals surface area contributed by atoms with Crippen LogP contribution in [0.1, 0.15) is 26.3 Å². The van der Waals surface area contributed by atoms with E-state index in [4.69, 9.17) is 4.74 Å². The van der Waals surface area contributed by atoms with Crippen molar-refractivity contribution in [2.75, 3.05) is 19.6 Å². The van der Waals surface area contributed by atoms with Crippen molar-refractivity contribution < 1.29 is 18.3 Å². The van der Waals surface area contributed by atoms with E-state index in [0.29, 0.717) is 19.6 Å². The van der Waals surface area contributed by atoms with E-state index in [1.165, 1.54) is 18.2 Å². The van der Waals surface area contributed by atoms with Crippen LogP contribution < -0.4 is 5.32 Å². The van der Waals surface area contributed by atoms with Crippen molar-refractivity contribution in [3.05, 3.63) is 35.4 Å². The van der Waals surface area contributed by atoms with Gasteiger partial charge in [-0.1, -0.05) is 6.07 Å². The minimum atomic E-state index is -0.560. The van der Waals surface area contributed by atoms with Crippen LogP contribution in [-0.2, 0) is 11.2 Å². The van der Waals surface area contributed by atoms with E-state index in [0.717, 1.165) is 0 Å². The molecular weight excluding hydrogens is 290 g/mol. The molecule has 22 heavy (non-hydrogen) atoms. The van der Waals surface area contributed by atoms with Gasteiger partial charge in [-0.05, 0) is 39.3 Å². The van der Waals surface area contributed by atoms with Gasteiger partial charge in [0.1, 0.15) is 17.2 Å². The van der Waals surface area contributed by atoms with E-state index < -0.39 is 23.3 Å². The Kier molecular flexibility index (Phi) is 5.01. The summed E-state index contributed by atoms with van der Waals surface area (Å²) in [6.07, 6.45) is -0.203. The average Bonchev–Trinajstić information content (AvgIpc) is 2.41. The summed E-state index contributed by atoms with van der Waals surface area (Å²) in [5.41, 5.74) is -0.513. The van der Waals surface area contributed by atoms with E-state index in [2.05, 4.69) is 5.32 Å². The molecule has 1 aromatic carbocycles. The second kappa shape index (κ2) is 6.60. The van der Waals surface area contributed by atoms with Crippen LogP contribution in [0, 0.1) is 11.6 Å². The second-order valence-electron chi connectivity index (χ2n) is 6.48. The summed E-state index contributed by atoms with van der Waals surface area (Å²) in [5.74, 6) is -1.12. The van der Waals surface area contributed by atoms with Crippen LogP contribution >= 0.6 is 0 Å².